The highest BCUT2D eigenvalue weighted by molar-refractivity contribution is 5.73. The molecule has 18 heavy (non-hydrogen) atoms. The molecular formula is C12H17FN4O. The van der Waals surface area contributed by atoms with Gasteiger partial charge in [0, 0.05) is 45.3 Å². The maximum atomic E-state index is 13.5. The third kappa shape index (κ3) is 3.16. The van der Waals surface area contributed by atoms with Crippen molar-refractivity contribution < 1.29 is 9.18 Å². The lowest BCUT2D eigenvalue weighted by Crippen LogP contribution is -2.47. The van der Waals surface area contributed by atoms with Gasteiger partial charge in [0.2, 0.25) is 5.91 Å². The van der Waals surface area contributed by atoms with E-state index in [1.54, 1.807) is 12.3 Å². The van der Waals surface area contributed by atoms with Gasteiger partial charge in [-0.1, -0.05) is 0 Å². The highest BCUT2D eigenvalue weighted by Gasteiger charge is 2.20. The zero-order valence-corrected chi connectivity index (χ0v) is 10.2. The van der Waals surface area contributed by atoms with Gasteiger partial charge in [0.1, 0.15) is 0 Å². The van der Waals surface area contributed by atoms with Crippen LogP contribution in [0.1, 0.15) is 6.42 Å². The number of halogens is 1. The Labute approximate surface area is 105 Å². The molecule has 6 heteroatoms. The van der Waals surface area contributed by atoms with E-state index in [0.29, 0.717) is 31.9 Å². The van der Waals surface area contributed by atoms with Crippen molar-refractivity contribution in [3.8, 4) is 0 Å². The van der Waals surface area contributed by atoms with E-state index < -0.39 is 0 Å². The van der Waals surface area contributed by atoms with Crippen molar-refractivity contribution >= 4 is 11.7 Å². The van der Waals surface area contributed by atoms with Crippen LogP contribution in [0.3, 0.4) is 0 Å². The fraction of sp³-hybridized carbons (Fsp3) is 0.500. The Balaban J connectivity index is 1.87. The van der Waals surface area contributed by atoms with E-state index in [-0.39, 0.29) is 11.7 Å². The first-order valence-electron chi connectivity index (χ1n) is 6.03. The Morgan fingerprint density at radius 3 is 2.72 bits per heavy atom. The summed E-state index contributed by atoms with van der Waals surface area (Å²) in [6.45, 7) is 3.69. The fourth-order valence-electron chi connectivity index (χ4n) is 2.06. The second-order valence-corrected chi connectivity index (χ2v) is 4.35. The SMILES string of the molecule is NC(=O)CCN1CCN(c2ncccc2F)CC1. The molecule has 0 radical (unpaired) electrons. The minimum atomic E-state index is -0.289. The van der Waals surface area contributed by atoms with Crippen molar-refractivity contribution in [2.24, 2.45) is 5.73 Å². The highest BCUT2D eigenvalue weighted by Crippen LogP contribution is 2.16. The van der Waals surface area contributed by atoms with Crippen molar-refractivity contribution in [1.29, 1.82) is 0 Å². The van der Waals surface area contributed by atoms with E-state index in [1.807, 2.05) is 4.90 Å². The first-order chi connectivity index (χ1) is 8.66. The first-order valence-corrected chi connectivity index (χ1v) is 6.03. The summed E-state index contributed by atoms with van der Waals surface area (Å²) in [5.74, 6) is -0.164. The Hall–Kier alpha value is -1.69. The number of carbonyl (C=O) groups excluding carboxylic acids is 1. The topological polar surface area (TPSA) is 62.5 Å². The van der Waals surface area contributed by atoms with Gasteiger partial charge in [-0.15, -0.1) is 0 Å². The first kappa shape index (κ1) is 12.8. The second-order valence-electron chi connectivity index (χ2n) is 4.35. The largest absolute Gasteiger partial charge is 0.370 e. The lowest BCUT2D eigenvalue weighted by atomic mass is 10.2. The average Bonchev–Trinajstić information content (AvgIpc) is 2.38. The molecule has 1 aliphatic heterocycles. The van der Waals surface area contributed by atoms with Crippen LogP contribution in [0, 0.1) is 5.82 Å². The Kier molecular flexibility index (Phi) is 4.09. The Morgan fingerprint density at radius 1 is 1.39 bits per heavy atom. The molecule has 1 aliphatic rings. The van der Waals surface area contributed by atoms with Gasteiger partial charge in [-0.25, -0.2) is 9.37 Å². The molecule has 0 aliphatic carbocycles. The lowest BCUT2D eigenvalue weighted by molar-refractivity contribution is -0.118. The molecule has 1 amide bonds. The predicted molar refractivity (Wildman–Crippen MR) is 66.7 cm³/mol. The zero-order chi connectivity index (χ0) is 13.0. The molecule has 0 atom stereocenters. The van der Waals surface area contributed by atoms with Crippen LogP contribution in [0.15, 0.2) is 18.3 Å². The van der Waals surface area contributed by atoms with Crippen molar-refractivity contribution in [2.45, 2.75) is 6.42 Å². The van der Waals surface area contributed by atoms with Crippen molar-refractivity contribution in [1.82, 2.24) is 9.88 Å². The molecule has 0 bridgehead atoms. The van der Waals surface area contributed by atoms with Gasteiger partial charge in [-0.2, -0.15) is 0 Å². The molecule has 0 saturated carbocycles. The van der Waals surface area contributed by atoms with Crippen LogP contribution >= 0.6 is 0 Å². The summed E-state index contributed by atoms with van der Waals surface area (Å²) in [6, 6.07) is 3.00. The van der Waals surface area contributed by atoms with Crippen LogP contribution in [0.4, 0.5) is 10.2 Å². The Bertz CT molecular complexity index is 418. The summed E-state index contributed by atoms with van der Waals surface area (Å²) >= 11 is 0. The quantitative estimate of drug-likeness (QED) is 0.832. The molecule has 0 aromatic carbocycles. The zero-order valence-electron chi connectivity index (χ0n) is 10.2. The number of piperazine rings is 1. The van der Waals surface area contributed by atoms with Gasteiger partial charge in [0.25, 0.3) is 0 Å². The predicted octanol–water partition coefficient (Wildman–Crippen LogP) is 0.218. The van der Waals surface area contributed by atoms with Crippen molar-refractivity contribution in [3.63, 3.8) is 0 Å². The number of anilines is 1. The summed E-state index contributed by atoms with van der Waals surface area (Å²) in [5, 5.41) is 0. The number of primary amides is 1. The van der Waals surface area contributed by atoms with E-state index in [0.717, 1.165) is 13.1 Å². The van der Waals surface area contributed by atoms with Crippen molar-refractivity contribution in [3.05, 3.63) is 24.1 Å². The number of nitrogens with zero attached hydrogens (tertiary/aromatic N) is 3. The van der Waals surface area contributed by atoms with Gasteiger partial charge in [0.05, 0.1) is 0 Å². The van der Waals surface area contributed by atoms with E-state index >= 15 is 0 Å². The lowest BCUT2D eigenvalue weighted by Gasteiger charge is -2.35. The summed E-state index contributed by atoms with van der Waals surface area (Å²) in [5.41, 5.74) is 5.11. The fourth-order valence-corrected chi connectivity index (χ4v) is 2.06. The van der Waals surface area contributed by atoms with Crippen molar-refractivity contribution in [2.75, 3.05) is 37.6 Å². The second kappa shape index (κ2) is 5.77. The Morgan fingerprint density at radius 2 is 2.11 bits per heavy atom. The number of hydrogen-bond acceptors (Lipinski definition) is 4. The number of hydrogen-bond donors (Lipinski definition) is 1. The summed E-state index contributed by atoms with van der Waals surface area (Å²) in [4.78, 5) is 18.8. The average molecular weight is 252 g/mol. The third-order valence-electron chi connectivity index (χ3n) is 3.09. The highest BCUT2D eigenvalue weighted by atomic mass is 19.1. The molecule has 0 spiro atoms. The molecule has 98 valence electrons. The maximum absolute atomic E-state index is 13.5. The molecule has 1 fully saturated rings. The molecule has 2 N–H and O–H groups in total. The number of aromatic nitrogens is 1. The standard InChI is InChI=1S/C12H17FN4O/c13-10-2-1-4-15-12(10)17-8-6-16(7-9-17)5-3-11(14)18/h1-2,4H,3,5-9H2,(H2,14,18). The van der Waals surface area contributed by atoms with Gasteiger partial charge >= 0.3 is 0 Å². The third-order valence-corrected chi connectivity index (χ3v) is 3.09. The minimum Gasteiger partial charge on any atom is -0.370 e. The summed E-state index contributed by atoms with van der Waals surface area (Å²) < 4.78 is 13.5. The van der Waals surface area contributed by atoms with Gasteiger partial charge in [0.15, 0.2) is 11.6 Å². The van der Waals surface area contributed by atoms with Crippen LogP contribution in [0.2, 0.25) is 0 Å². The maximum Gasteiger partial charge on any atom is 0.218 e. The smallest absolute Gasteiger partial charge is 0.218 e. The van der Waals surface area contributed by atoms with E-state index in [1.165, 1.54) is 6.07 Å². The molecule has 2 heterocycles. The summed E-state index contributed by atoms with van der Waals surface area (Å²) in [7, 11) is 0. The number of nitrogens with two attached hydrogens (primary N) is 1. The number of amides is 1. The van der Waals surface area contributed by atoms with Crippen LogP contribution in [-0.4, -0.2) is 48.5 Å². The molecule has 5 nitrogen and oxygen atoms in total. The van der Waals surface area contributed by atoms with Gasteiger partial charge < -0.3 is 10.6 Å². The van der Waals surface area contributed by atoms with Crippen LogP contribution < -0.4 is 10.6 Å². The number of carbonyl (C=O) groups is 1. The monoisotopic (exact) mass is 252 g/mol. The molecular weight excluding hydrogens is 235 g/mol. The molecule has 0 unspecified atom stereocenters. The van der Waals surface area contributed by atoms with Crippen LogP contribution in [0.5, 0.6) is 0 Å². The molecule has 1 aromatic rings. The van der Waals surface area contributed by atoms with Crippen LogP contribution in [0.25, 0.3) is 0 Å². The number of rotatable bonds is 4. The molecule has 1 aromatic heterocycles. The van der Waals surface area contributed by atoms with Crippen LogP contribution in [-0.2, 0) is 4.79 Å². The minimum absolute atomic E-state index is 0.284. The van der Waals surface area contributed by atoms with E-state index in [9.17, 15) is 9.18 Å². The van der Waals surface area contributed by atoms with E-state index in [2.05, 4.69) is 9.88 Å². The number of pyridine rings is 1. The molecule has 2 rings (SSSR count). The van der Waals surface area contributed by atoms with Gasteiger partial charge in [-0.3, -0.25) is 9.69 Å². The van der Waals surface area contributed by atoms with E-state index in [4.69, 9.17) is 5.73 Å². The summed E-state index contributed by atoms with van der Waals surface area (Å²) in [6.07, 6.45) is 1.97. The van der Waals surface area contributed by atoms with Gasteiger partial charge in [-0.05, 0) is 12.1 Å². The normalized spacial score (nSPS) is 16.8. The molecule has 1 saturated heterocycles.